The van der Waals surface area contributed by atoms with Gasteiger partial charge in [-0.15, -0.1) is 0 Å². The van der Waals surface area contributed by atoms with Crippen LogP contribution >= 0.6 is 0 Å². The van der Waals surface area contributed by atoms with Crippen LogP contribution in [-0.2, 0) is 14.3 Å². The van der Waals surface area contributed by atoms with Crippen LogP contribution in [0.4, 0.5) is 0 Å². The molecule has 0 saturated heterocycles. The molecule has 4 heteroatoms. The van der Waals surface area contributed by atoms with E-state index in [1.54, 1.807) is 19.3 Å². The van der Waals surface area contributed by atoms with E-state index in [9.17, 15) is 9.59 Å². The summed E-state index contributed by atoms with van der Waals surface area (Å²) in [5.74, 6) is -0.799. The number of carboxylic acid groups (broad SMARTS) is 1. The number of ether oxygens (including phenoxy) is 1. The van der Waals surface area contributed by atoms with Crippen LogP contribution in [-0.4, -0.2) is 30.1 Å². The van der Waals surface area contributed by atoms with Crippen molar-refractivity contribution in [2.45, 2.75) is 38.7 Å². The van der Waals surface area contributed by atoms with Gasteiger partial charge in [-0.3, -0.25) is 9.59 Å². The third-order valence-corrected chi connectivity index (χ3v) is 2.43. The number of aliphatic carboxylic acids is 1. The van der Waals surface area contributed by atoms with Crippen LogP contribution in [0, 0.1) is 0 Å². The van der Waals surface area contributed by atoms with Crippen molar-refractivity contribution in [3.8, 4) is 0 Å². The van der Waals surface area contributed by atoms with E-state index < -0.39 is 5.97 Å². The van der Waals surface area contributed by atoms with Crippen molar-refractivity contribution >= 4 is 11.8 Å². The molecule has 0 rings (SSSR count). The van der Waals surface area contributed by atoms with Crippen molar-refractivity contribution in [3.63, 3.8) is 0 Å². The fraction of sp³-hybridized carbons (Fsp3) is 0.467. The highest BCUT2D eigenvalue weighted by atomic mass is 16.5. The minimum Gasteiger partial charge on any atom is -0.481 e. The summed E-state index contributed by atoms with van der Waals surface area (Å²) in [5.41, 5.74) is 0. The monoisotopic (exact) mass is 266 g/mol. The summed E-state index contributed by atoms with van der Waals surface area (Å²) in [7, 11) is 1.64. The summed E-state index contributed by atoms with van der Waals surface area (Å²) in [6.45, 7) is 1.93. The number of ketones is 1. The van der Waals surface area contributed by atoms with E-state index in [0.29, 0.717) is 19.3 Å². The maximum Gasteiger partial charge on any atom is 0.303 e. The molecule has 0 spiro atoms. The highest BCUT2D eigenvalue weighted by Crippen LogP contribution is 2.01. The molecule has 0 aliphatic carbocycles. The lowest BCUT2D eigenvalue weighted by atomic mass is 10.1. The van der Waals surface area contributed by atoms with Crippen LogP contribution in [0.15, 0.2) is 36.5 Å². The molecule has 0 aliphatic heterocycles. The second-order valence-corrected chi connectivity index (χ2v) is 4.14. The van der Waals surface area contributed by atoms with Gasteiger partial charge in [0.2, 0.25) is 0 Å². The zero-order valence-electron chi connectivity index (χ0n) is 11.5. The zero-order chi connectivity index (χ0) is 14.5. The maximum absolute atomic E-state index is 11.4. The first-order valence-electron chi connectivity index (χ1n) is 6.35. The predicted molar refractivity (Wildman–Crippen MR) is 75.0 cm³/mol. The van der Waals surface area contributed by atoms with Gasteiger partial charge in [-0.25, -0.2) is 0 Å². The van der Waals surface area contributed by atoms with E-state index in [1.807, 2.05) is 25.2 Å². The SMILES string of the molecule is COC(C)C=CC=CC=CC(=O)CCCCC(=O)O. The van der Waals surface area contributed by atoms with Crippen LogP contribution in [0.1, 0.15) is 32.6 Å². The molecule has 1 atom stereocenters. The molecular formula is C15H22O4. The van der Waals surface area contributed by atoms with Crippen LogP contribution in [0.25, 0.3) is 0 Å². The van der Waals surface area contributed by atoms with Gasteiger partial charge in [0.05, 0.1) is 6.10 Å². The van der Waals surface area contributed by atoms with Crippen molar-refractivity contribution in [3.05, 3.63) is 36.5 Å². The van der Waals surface area contributed by atoms with E-state index in [4.69, 9.17) is 9.84 Å². The Morgan fingerprint density at radius 2 is 1.74 bits per heavy atom. The Kier molecular flexibility index (Phi) is 10.4. The van der Waals surface area contributed by atoms with Crippen molar-refractivity contribution in [1.29, 1.82) is 0 Å². The van der Waals surface area contributed by atoms with Gasteiger partial charge in [-0.1, -0.05) is 30.4 Å². The lowest BCUT2D eigenvalue weighted by Gasteiger charge is -1.99. The molecule has 106 valence electrons. The van der Waals surface area contributed by atoms with E-state index in [1.165, 1.54) is 6.08 Å². The first-order valence-corrected chi connectivity index (χ1v) is 6.35. The molecule has 19 heavy (non-hydrogen) atoms. The van der Waals surface area contributed by atoms with Gasteiger partial charge >= 0.3 is 5.97 Å². The van der Waals surface area contributed by atoms with Gasteiger partial charge in [0.15, 0.2) is 5.78 Å². The molecule has 0 aliphatic rings. The summed E-state index contributed by atoms with van der Waals surface area (Å²) in [6, 6.07) is 0. The number of carboxylic acids is 1. The average Bonchev–Trinajstić information content (AvgIpc) is 2.38. The summed E-state index contributed by atoms with van der Waals surface area (Å²) in [6.07, 6.45) is 12.3. The van der Waals surface area contributed by atoms with Crippen LogP contribution < -0.4 is 0 Å². The lowest BCUT2D eigenvalue weighted by molar-refractivity contribution is -0.137. The third kappa shape index (κ3) is 12.6. The molecule has 0 heterocycles. The fourth-order valence-corrected chi connectivity index (χ4v) is 1.25. The largest absolute Gasteiger partial charge is 0.481 e. The summed E-state index contributed by atoms with van der Waals surface area (Å²) < 4.78 is 5.03. The van der Waals surface area contributed by atoms with Gasteiger partial charge in [-0.2, -0.15) is 0 Å². The Hall–Kier alpha value is -1.68. The molecule has 0 bridgehead atoms. The molecule has 1 N–H and O–H groups in total. The molecule has 0 aromatic heterocycles. The smallest absolute Gasteiger partial charge is 0.303 e. The number of carbonyl (C=O) groups excluding carboxylic acids is 1. The minimum atomic E-state index is -0.817. The number of hydrogen-bond donors (Lipinski definition) is 1. The normalized spacial score (nSPS) is 13.6. The molecule has 0 radical (unpaired) electrons. The first-order chi connectivity index (χ1) is 9.06. The van der Waals surface area contributed by atoms with Crippen molar-refractivity contribution in [2.24, 2.45) is 0 Å². The first kappa shape index (κ1) is 17.3. The second kappa shape index (κ2) is 11.4. The standard InChI is InChI=1S/C15H22O4/c1-13(19-2)9-5-3-4-6-10-14(16)11-7-8-12-15(17)18/h3-6,9-10,13H,7-8,11-12H2,1-2H3,(H,17,18). The Labute approximate surface area is 114 Å². The van der Waals surface area contributed by atoms with Gasteiger partial charge < -0.3 is 9.84 Å². The number of rotatable bonds is 10. The minimum absolute atomic E-state index is 0.0178. The fourth-order valence-electron chi connectivity index (χ4n) is 1.25. The van der Waals surface area contributed by atoms with E-state index in [2.05, 4.69) is 0 Å². The number of allylic oxidation sites excluding steroid dienone is 5. The second-order valence-electron chi connectivity index (χ2n) is 4.14. The topological polar surface area (TPSA) is 63.6 Å². The summed E-state index contributed by atoms with van der Waals surface area (Å²) in [4.78, 5) is 21.6. The van der Waals surface area contributed by atoms with E-state index >= 15 is 0 Å². The Morgan fingerprint density at radius 3 is 2.37 bits per heavy atom. The molecule has 0 fully saturated rings. The molecule has 1 unspecified atom stereocenters. The third-order valence-electron chi connectivity index (χ3n) is 2.43. The maximum atomic E-state index is 11.4. The van der Waals surface area contributed by atoms with E-state index in [0.717, 1.165) is 0 Å². The van der Waals surface area contributed by atoms with Crippen LogP contribution in [0.3, 0.4) is 0 Å². The Morgan fingerprint density at radius 1 is 1.11 bits per heavy atom. The quantitative estimate of drug-likeness (QED) is 0.375. The highest BCUT2D eigenvalue weighted by molar-refractivity contribution is 5.89. The van der Waals surface area contributed by atoms with Crippen molar-refractivity contribution in [1.82, 2.24) is 0 Å². The molecule has 0 saturated carbocycles. The molecule has 4 nitrogen and oxygen atoms in total. The Balaban J connectivity index is 3.75. The molecule has 0 amide bonds. The highest BCUT2D eigenvalue weighted by Gasteiger charge is 1.99. The van der Waals surface area contributed by atoms with Gasteiger partial charge in [0, 0.05) is 20.0 Å². The Bertz CT molecular complexity index is 353. The van der Waals surface area contributed by atoms with Crippen molar-refractivity contribution in [2.75, 3.05) is 7.11 Å². The summed E-state index contributed by atoms with van der Waals surface area (Å²) in [5, 5.41) is 8.44. The van der Waals surface area contributed by atoms with Crippen LogP contribution in [0.2, 0.25) is 0 Å². The molecule has 0 aromatic carbocycles. The number of carbonyl (C=O) groups is 2. The molecule has 0 aromatic rings. The lowest BCUT2D eigenvalue weighted by Crippen LogP contribution is -1.97. The average molecular weight is 266 g/mol. The number of methoxy groups -OCH3 is 1. The predicted octanol–water partition coefficient (Wildman–Crippen LogP) is 2.90. The summed E-state index contributed by atoms with van der Waals surface area (Å²) >= 11 is 0. The number of hydrogen-bond acceptors (Lipinski definition) is 3. The van der Waals surface area contributed by atoms with Crippen molar-refractivity contribution < 1.29 is 19.4 Å². The van der Waals surface area contributed by atoms with Gasteiger partial charge in [0.25, 0.3) is 0 Å². The van der Waals surface area contributed by atoms with Crippen LogP contribution in [0.5, 0.6) is 0 Å². The van der Waals surface area contributed by atoms with Gasteiger partial charge in [-0.05, 0) is 25.8 Å². The zero-order valence-corrected chi connectivity index (χ0v) is 11.5. The number of unbranched alkanes of at least 4 members (excludes halogenated alkanes) is 1. The molecular weight excluding hydrogens is 244 g/mol. The van der Waals surface area contributed by atoms with E-state index in [-0.39, 0.29) is 18.3 Å². The van der Waals surface area contributed by atoms with Gasteiger partial charge in [0.1, 0.15) is 0 Å².